The maximum absolute atomic E-state index is 8.57. The Morgan fingerprint density at radius 2 is 1.33 bits per heavy atom. The summed E-state index contributed by atoms with van der Waals surface area (Å²) in [6, 6.07) is 30.6. The molecule has 0 saturated carbocycles. The number of hydrogen-bond donors (Lipinski definition) is 1. The minimum absolute atomic E-state index is 0.227. The van der Waals surface area contributed by atoms with Crippen molar-refractivity contribution in [1.29, 1.82) is 5.41 Å². The highest BCUT2D eigenvalue weighted by Gasteiger charge is 2.49. The minimum Gasteiger partial charge on any atom is -0.300 e. The van der Waals surface area contributed by atoms with Gasteiger partial charge in [0.2, 0.25) is 0 Å². The molecule has 0 aromatic heterocycles. The van der Waals surface area contributed by atoms with Crippen LogP contribution in [0.5, 0.6) is 0 Å². The van der Waals surface area contributed by atoms with Crippen molar-refractivity contribution in [1.82, 2.24) is 0 Å². The van der Waals surface area contributed by atoms with Crippen molar-refractivity contribution in [2.24, 2.45) is 5.92 Å². The van der Waals surface area contributed by atoms with Crippen LogP contribution in [0.1, 0.15) is 29.2 Å². The predicted molar refractivity (Wildman–Crippen MR) is 137 cm³/mol. The topological polar surface area (TPSA) is 23.9 Å². The second-order valence-electron chi connectivity index (χ2n) is 8.96. The monoisotopic (exact) mass is 423 g/mol. The van der Waals surface area contributed by atoms with Gasteiger partial charge in [-0.25, -0.2) is 0 Å². The minimum atomic E-state index is -0.396. The number of allylic oxidation sites excluding steroid dienone is 10. The van der Waals surface area contributed by atoms with Gasteiger partial charge in [-0.2, -0.15) is 0 Å². The summed E-state index contributed by atoms with van der Waals surface area (Å²) in [4.78, 5) is 0. The molecule has 0 radical (unpaired) electrons. The summed E-state index contributed by atoms with van der Waals surface area (Å²) in [5.41, 5.74) is 10.2. The average molecular weight is 424 g/mol. The van der Waals surface area contributed by atoms with Crippen LogP contribution in [0.3, 0.4) is 0 Å². The van der Waals surface area contributed by atoms with Crippen molar-refractivity contribution in [3.05, 3.63) is 160 Å². The summed E-state index contributed by atoms with van der Waals surface area (Å²) in [7, 11) is 0. The molecule has 158 valence electrons. The van der Waals surface area contributed by atoms with E-state index in [4.69, 9.17) is 5.41 Å². The van der Waals surface area contributed by atoms with Crippen LogP contribution in [-0.4, -0.2) is 5.71 Å². The van der Waals surface area contributed by atoms with E-state index < -0.39 is 5.41 Å². The number of fused-ring (bicyclic) bond motifs is 3. The first-order chi connectivity index (χ1) is 16.2. The quantitative estimate of drug-likeness (QED) is 0.443. The van der Waals surface area contributed by atoms with Crippen molar-refractivity contribution in [3.63, 3.8) is 0 Å². The first kappa shape index (κ1) is 19.7. The maximum atomic E-state index is 8.57. The second kappa shape index (κ2) is 7.56. The van der Waals surface area contributed by atoms with Crippen LogP contribution in [0, 0.1) is 11.3 Å². The Hall–Kier alpha value is -3.97. The molecule has 0 amide bonds. The largest absolute Gasteiger partial charge is 0.300 e. The van der Waals surface area contributed by atoms with Crippen LogP contribution < -0.4 is 0 Å². The van der Waals surface area contributed by atoms with E-state index in [1.807, 2.05) is 18.2 Å². The third-order valence-electron chi connectivity index (χ3n) is 7.17. The zero-order valence-corrected chi connectivity index (χ0v) is 18.6. The smallest absolute Gasteiger partial charge is 0.0713 e. The molecule has 1 heteroatoms. The van der Waals surface area contributed by atoms with Crippen molar-refractivity contribution >= 4 is 11.3 Å². The van der Waals surface area contributed by atoms with E-state index in [0.717, 1.165) is 5.57 Å². The highest BCUT2D eigenvalue weighted by molar-refractivity contribution is 6.11. The third-order valence-corrected chi connectivity index (χ3v) is 7.17. The molecule has 0 bridgehead atoms. The Morgan fingerprint density at radius 1 is 0.727 bits per heavy atom. The zero-order chi connectivity index (χ0) is 22.4. The molecule has 1 nitrogen and oxygen atoms in total. The van der Waals surface area contributed by atoms with E-state index >= 15 is 0 Å². The summed E-state index contributed by atoms with van der Waals surface area (Å²) in [6.07, 6.45) is 12.7. The summed E-state index contributed by atoms with van der Waals surface area (Å²) in [6.45, 7) is 2.25. The molecule has 6 rings (SSSR count). The average Bonchev–Trinajstić information content (AvgIpc) is 3.15. The normalized spacial score (nSPS) is 22.5. The molecule has 1 atom stereocenters. The van der Waals surface area contributed by atoms with Gasteiger partial charge in [-0.15, -0.1) is 0 Å². The molecule has 0 heterocycles. The Kier molecular flexibility index (Phi) is 4.52. The standard InChI is InChI=1S/C32H25N/c1-22-20-28-25-16-8-10-18-29(25)32(23-12-4-2-5-13-23,24-14-6-3-7-15-24)30(28)21-27(22)26-17-9-11-19-31(26)33/h2-22,33H,1H3/b27-26-,33-31?. The molecular weight excluding hydrogens is 398 g/mol. The lowest BCUT2D eigenvalue weighted by Gasteiger charge is -2.36. The lowest BCUT2D eigenvalue weighted by atomic mass is 9.66. The Balaban J connectivity index is 1.74. The van der Waals surface area contributed by atoms with Crippen molar-refractivity contribution in [3.8, 4) is 0 Å². The van der Waals surface area contributed by atoms with E-state index in [9.17, 15) is 0 Å². The highest BCUT2D eigenvalue weighted by atomic mass is 14.5. The fourth-order valence-corrected chi connectivity index (χ4v) is 5.75. The molecule has 3 aliphatic rings. The van der Waals surface area contributed by atoms with Gasteiger partial charge < -0.3 is 5.41 Å². The van der Waals surface area contributed by atoms with Crippen LogP contribution in [0.25, 0.3) is 5.57 Å². The molecule has 1 unspecified atom stereocenters. The molecule has 0 saturated heterocycles. The van der Waals surface area contributed by atoms with E-state index in [2.05, 4.69) is 110 Å². The number of hydrogen-bond acceptors (Lipinski definition) is 1. The molecule has 0 spiro atoms. The highest BCUT2D eigenvalue weighted by Crippen LogP contribution is 2.59. The van der Waals surface area contributed by atoms with Crippen LogP contribution >= 0.6 is 0 Å². The van der Waals surface area contributed by atoms with Crippen LogP contribution in [0.4, 0.5) is 0 Å². The Bertz CT molecular complexity index is 1370. The molecule has 33 heavy (non-hydrogen) atoms. The van der Waals surface area contributed by atoms with Crippen molar-refractivity contribution < 1.29 is 0 Å². The molecular formula is C32H25N. The molecule has 3 aliphatic carbocycles. The van der Waals surface area contributed by atoms with Crippen molar-refractivity contribution in [2.75, 3.05) is 0 Å². The molecule has 1 N–H and O–H groups in total. The van der Waals surface area contributed by atoms with Crippen molar-refractivity contribution in [2.45, 2.75) is 12.3 Å². The molecule has 0 aliphatic heterocycles. The van der Waals surface area contributed by atoms with Gasteiger partial charge in [0.25, 0.3) is 0 Å². The predicted octanol–water partition coefficient (Wildman–Crippen LogP) is 7.44. The number of rotatable bonds is 2. The van der Waals surface area contributed by atoms with Gasteiger partial charge in [0.1, 0.15) is 0 Å². The number of benzene rings is 3. The SMILES string of the molecule is CC1C=C2C(=C/C1=C1\C=CC=CC1=N)C(c1ccccc1)(c1ccccc1)c1ccccc12. The van der Waals surface area contributed by atoms with Gasteiger partial charge in [0.05, 0.1) is 11.1 Å². The second-order valence-corrected chi connectivity index (χ2v) is 8.96. The zero-order valence-electron chi connectivity index (χ0n) is 18.6. The maximum Gasteiger partial charge on any atom is 0.0713 e. The van der Waals surface area contributed by atoms with E-state index in [1.54, 1.807) is 0 Å². The van der Waals surface area contributed by atoms with Crippen LogP contribution in [0.15, 0.2) is 138 Å². The summed E-state index contributed by atoms with van der Waals surface area (Å²) in [5.74, 6) is 0.227. The van der Waals surface area contributed by atoms with E-state index in [0.29, 0.717) is 5.71 Å². The van der Waals surface area contributed by atoms with Crippen LogP contribution in [-0.2, 0) is 5.41 Å². The van der Waals surface area contributed by atoms with E-state index in [1.165, 1.54) is 39.0 Å². The summed E-state index contributed by atoms with van der Waals surface area (Å²) < 4.78 is 0. The van der Waals surface area contributed by atoms with Gasteiger partial charge in [-0.3, -0.25) is 0 Å². The Labute approximate surface area is 195 Å². The molecule has 0 fully saturated rings. The molecule has 3 aromatic rings. The summed E-state index contributed by atoms with van der Waals surface area (Å²) in [5, 5.41) is 8.57. The first-order valence-electron chi connectivity index (χ1n) is 11.5. The van der Waals surface area contributed by atoms with E-state index in [-0.39, 0.29) is 5.92 Å². The first-order valence-corrected chi connectivity index (χ1v) is 11.5. The number of nitrogens with one attached hydrogen (secondary N) is 1. The van der Waals surface area contributed by atoms with Gasteiger partial charge in [0, 0.05) is 11.5 Å². The fraction of sp³-hybridized carbons (Fsp3) is 0.0938. The Morgan fingerprint density at radius 3 is 2.00 bits per heavy atom. The van der Waals surface area contributed by atoms with Gasteiger partial charge in [-0.1, -0.05) is 122 Å². The lowest BCUT2D eigenvalue weighted by Crippen LogP contribution is -2.29. The van der Waals surface area contributed by atoms with Gasteiger partial charge in [0.15, 0.2) is 0 Å². The van der Waals surface area contributed by atoms with Gasteiger partial charge >= 0.3 is 0 Å². The third kappa shape index (κ3) is 2.82. The van der Waals surface area contributed by atoms with Crippen LogP contribution in [0.2, 0.25) is 0 Å². The molecule has 3 aromatic carbocycles. The lowest BCUT2D eigenvalue weighted by molar-refractivity contribution is 0.757. The fourth-order valence-electron chi connectivity index (χ4n) is 5.75. The summed E-state index contributed by atoms with van der Waals surface area (Å²) >= 11 is 0. The van der Waals surface area contributed by atoms with Gasteiger partial charge in [-0.05, 0) is 45.0 Å².